The number of imidazole rings is 1. The van der Waals surface area contributed by atoms with E-state index in [4.69, 9.17) is 19.3 Å². The summed E-state index contributed by atoms with van der Waals surface area (Å²) in [5.41, 5.74) is 2.03. The van der Waals surface area contributed by atoms with Gasteiger partial charge in [-0.1, -0.05) is 66.7 Å². The molecule has 1 aliphatic rings. The Kier molecular flexibility index (Phi) is 9.11. The summed E-state index contributed by atoms with van der Waals surface area (Å²) in [6.45, 7) is 0.121. The second-order valence-corrected chi connectivity index (χ2v) is 11.1. The smallest absolute Gasteiger partial charge is 0.312 e. The highest BCUT2D eigenvalue weighted by Crippen LogP contribution is 2.42. The Morgan fingerprint density at radius 1 is 1.02 bits per heavy atom. The Bertz CT molecular complexity index is 1880. The van der Waals surface area contributed by atoms with E-state index in [1.54, 1.807) is 11.7 Å². The predicted octanol–water partition coefficient (Wildman–Crippen LogP) is 3.72. The van der Waals surface area contributed by atoms with Crippen LogP contribution < -0.4 is 15.6 Å². The van der Waals surface area contributed by atoms with Crippen molar-refractivity contribution < 1.29 is 34.0 Å². The van der Waals surface area contributed by atoms with E-state index in [9.17, 15) is 19.5 Å². The van der Waals surface area contributed by atoms with Crippen molar-refractivity contribution in [1.82, 2.24) is 19.5 Å². The maximum Gasteiger partial charge on any atom is 0.312 e. The van der Waals surface area contributed by atoms with Gasteiger partial charge in [0.25, 0.3) is 5.56 Å². The molecule has 1 amide bonds. The summed E-state index contributed by atoms with van der Waals surface area (Å²) in [6, 6.07) is 25.2. The highest BCUT2D eigenvalue weighted by molar-refractivity contribution is 6.00. The van der Waals surface area contributed by atoms with Crippen molar-refractivity contribution in [1.29, 1.82) is 0 Å². The number of aromatic amines is 1. The molecule has 2 aromatic heterocycles. The van der Waals surface area contributed by atoms with Crippen molar-refractivity contribution >= 4 is 29.0 Å². The molecule has 3 heterocycles. The second kappa shape index (κ2) is 13.5. The van der Waals surface area contributed by atoms with Gasteiger partial charge < -0.3 is 24.4 Å². The van der Waals surface area contributed by atoms with E-state index < -0.39 is 35.7 Å². The number of rotatable bonds is 12. The van der Waals surface area contributed by atoms with Gasteiger partial charge in [0.15, 0.2) is 11.2 Å². The molecule has 1 unspecified atom stereocenters. The van der Waals surface area contributed by atoms with Crippen molar-refractivity contribution in [3.8, 4) is 5.75 Å². The molecule has 3 atom stereocenters. The summed E-state index contributed by atoms with van der Waals surface area (Å²) in [5, 5.41) is 20.9. The van der Waals surface area contributed by atoms with Gasteiger partial charge in [0.05, 0.1) is 32.8 Å². The van der Waals surface area contributed by atoms with E-state index in [2.05, 4.69) is 20.3 Å². The number of carboxylic acid groups (broad SMARTS) is 1. The van der Waals surface area contributed by atoms with Crippen LogP contribution in [0.2, 0.25) is 0 Å². The van der Waals surface area contributed by atoms with Crippen LogP contribution in [-0.2, 0) is 31.3 Å². The van der Waals surface area contributed by atoms with Gasteiger partial charge >= 0.3 is 5.97 Å². The number of nitrogens with zero attached hydrogens (tertiary/aromatic N) is 3. The molecular weight excluding hydrogens is 606 g/mol. The maximum absolute atomic E-state index is 12.7. The number of benzene rings is 3. The maximum atomic E-state index is 12.7. The van der Waals surface area contributed by atoms with Gasteiger partial charge in [-0.15, -0.1) is 0 Å². The van der Waals surface area contributed by atoms with E-state index >= 15 is 0 Å². The number of aromatic nitrogens is 4. The van der Waals surface area contributed by atoms with E-state index in [1.807, 2.05) is 78.9 Å². The fraction of sp³-hybridized carbons (Fsp3) is 0.265. The highest BCUT2D eigenvalue weighted by Gasteiger charge is 2.40. The van der Waals surface area contributed by atoms with Gasteiger partial charge in [0, 0.05) is 0 Å². The number of carboxylic acids is 1. The zero-order chi connectivity index (χ0) is 33.0. The molecule has 3 aromatic carbocycles. The summed E-state index contributed by atoms with van der Waals surface area (Å²) in [6.07, 6.45) is 1.01. The fourth-order valence-corrected chi connectivity index (χ4v) is 5.84. The number of aliphatic hydroxyl groups excluding tert-OH is 1. The summed E-state index contributed by atoms with van der Waals surface area (Å²) in [7, 11) is 1.61. The first-order valence-electron chi connectivity index (χ1n) is 15.0. The van der Waals surface area contributed by atoms with Crippen molar-refractivity contribution in [3.63, 3.8) is 0 Å². The lowest BCUT2D eigenvalue weighted by Crippen LogP contribution is -2.35. The number of fused-ring (bicyclic) bond motifs is 1. The van der Waals surface area contributed by atoms with Crippen molar-refractivity contribution in [2.45, 2.75) is 43.8 Å². The number of carbonyl (C=O) groups is 2. The third-order valence-electron chi connectivity index (χ3n) is 8.10. The molecule has 13 nitrogen and oxygen atoms in total. The summed E-state index contributed by atoms with van der Waals surface area (Å²) >= 11 is 0. The van der Waals surface area contributed by atoms with Crippen LogP contribution in [-0.4, -0.2) is 61.4 Å². The van der Waals surface area contributed by atoms with Crippen molar-refractivity contribution in [3.05, 3.63) is 118 Å². The quantitative estimate of drug-likeness (QED) is 0.116. The average Bonchev–Trinajstić information content (AvgIpc) is 3.73. The van der Waals surface area contributed by atoms with Crippen molar-refractivity contribution in [2.24, 2.45) is 0 Å². The number of nitrogens with one attached hydrogen (secondary N) is 2. The first-order chi connectivity index (χ1) is 22.8. The predicted molar refractivity (Wildman–Crippen MR) is 170 cm³/mol. The number of amides is 1. The minimum absolute atomic E-state index is 0.0541. The van der Waals surface area contributed by atoms with E-state index in [1.165, 1.54) is 6.33 Å². The van der Waals surface area contributed by atoms with Crippen LogP contribution in [0.4, 0.5) is 5.95 Å². The number of aliphatic carboxylic acids is 1. The van der Waals surface area contributed by atoms with E-state index in [0.717, 1.165) is 22.3 Å². The Balaban J connectivity index is 1.29. The topological polar surface area (TPSA) is 178 Å². The van der Waals surface area contributed by atoms with E-state index in [-0.39, 0.29) is 36.4 Å². The van der Waals surface area contributed by atoms with E-state index in [0.29, 0.717) is 18.6 Å². The number of hydrogen-bond donors (Lipinski definition) is 4. The minimum atomic E-state index is -1.31. The second-order valence-electron chi connectivity index (χ2n) is 11.1. The van der Waals surface area contributed by atoms with Crippen LogP contribution in [0.25, 0.3) is 11.2 Å². The van der Waals surface area contributed by atoms with Crippen LogP contribution in [0.5, 0.6) is 5.75 Å². The molecule has 0 spiro atoms. The third kappa shape index (κ3) is 6.49. The number of ether oxygens (including phenoxy) is 3. The lowest BCUT2D eigenvalue weighted by molar-refractivity contribution is -0.139. The first-order valence-corrected chi connectivity index (χ1v) is 15.0. The Morgan fingerprint density at radius 3 is 2.36 bits per heavy atom. The molecule has 13 heteroatoms. The Labute approximate surface area is 268 Å². The monoisotopic (exact) mass is 639 g/mol. The first kappa shape index (κ1) is 31.6. The molecule has 0 aliphatic carbocycles. The normalized spacial score (nSPS) is 17.3. The molecule has 5 aromatic rings. The Morgan fingerprint density at radius 2 is 1.70 bits per heavy atom. The highest BCUT2D eigenvalue weighted by atomic mass is 16.6. The van der Waals surface area contributed by atoms with Crippen molar-refractivity contribution in [2.75, 3.05) is 19.0 Å². The largest absolute Gasteiger partial charge is 0.497 e. The summed E-state index contributed by atoms with van der Waals surface area (Å²) < 4.78 is 20.4. The number of anilines is 1. The molecule has 47 heavy (non-hydrogen) atoms. The van der Waals surface area contributed by atoms with Crippen LogP contribution in [0.3, 0.4) is 0 Å². The fourth-order valence-electron chi connectivity index (χ4n) is 5.84. The molecule has 0 saturated carbocycles. The molecule has 1 fully saturated rings. The molecule has 1 aliphatic heterocycles. The van der Waals surface area contributed by atoms with Crippen LogP contribution in [0, 0.1) is 0 Å². The zero-order valence-electron chi connectivity index (χ0n) is 25.5. The van der Waals surface area contributed by atoms with Gasteiger partial charge in [-0.25, -0.2) is 4.98 Å². The minimum Gasteiger partial charge on any atom is -0.497 e. The molecule has 0 bridgehead atoms. The number of carbonyl (C=O) groups excluding carboxylic acids is 1. The van der Waals surface area contributed by atoms with Gasteiger partial charge in [-0.05, 0) is 47.2 Å². The molecule has 1 saturated heterocycles. The molecule has 242 valence electrons. The third-order valence-corrected chi connectivity index (χ3v) is 8.10. The molecule has 0 radical (unpaired) electrons. The van der Waals surface area contributed by atoms with Gasteiger partial charge in [-0.3, -0.25) is 29.3 Å². The zero-order valence-corrected chi connectivity index (χ0v) is 25.5. The van der Waals surface area contributed by atoms with Gasteiger partial charge in [0.1, 0.15) is 24.0 Å². The lowest BCUT2D eigenvalue weighted by Gasteiger charge is -2.37. The number of aliphatic hydroxyl groups is 1. The molecule has 6 rings (SSSR count). The number of hydrogen-bond acceptors (Lipinski definition) is 9. The molecular formula is C34H33N5O8. The van der Waals surface area contributed by atoms with Gasteiger partial charge in [-0.2, -0.15) is 4.98 Å². The van der Waals surface area contributed by atoms with Crippen LogP contribution >= 0.6 is 0 Å². The summed E-state index contributed by atoms with van der Waals surface area (Å²) in [4.78, 5) is 46.5. The molecule has 4 N–H and O–H groups in total. The lowest BCUT2D eigenvalue weighted by atomic mass is 9.79. The van der Waals surface area contributed by atoms with Gasteiger partial charge in [0.2, 0.25) is 11.9 Å². The number of methoxy groups -OCH3 is 1. The average molecular weight is 640 g/mol. The Hall–Kier alpha value is -5.37. The number of H-pyrrole nitrogens is 1. The SMILES string of the molecule is COc1ccc(C(OC[C@@H]2CC[C@H](n3cnc4c(=O)[nH]c(NC(=O)CC(=O)O)nc43)O2)(c2ccccc2)c2ccc(CO)cc2)cc1. The van der Waals surface area contributed by atoms with Crippen LogP contribution in [0.15, 0.2) is 90.0 Å². The van der Waals surface area contributed by atoms with Crippen LogP contribution in [0.1, 0.15) is 47.7 Å². The summed E-state index contributed by atoms with van der Waals surface area (Å²) in [5.74, 6) is -1.62. The standard InChI is InChI=1S/C34H33N5O8/c1-45-25-13-11-24(12-14-25)34(22-5-3-2-4-6-22,23-9-7-21(18-40)8-10-23)46-19-26-15-16-28(47-26)39-20-35-30-31(39)37-33(38-32(30)44)36-27(41)17-29(42)43/h2-14,20,26,28,40H,15-19H2,1H3,(H,42,43)(H2,36,37,38,41,44)/t26-,28+,34?/m0/s1.